The van der Waals surface area contributed by atoms with Crippen LogP contribution in [0.3, 0.4) is 0 Å². The first-order chi connectivity index (χ1) is 10.5. The number of amides is 1. The summed E-state index contributed by atoms with van der Waals surface area (Å²) in [5.41, 5.74) is 6.89. The van der Waals surface area contributed by atoms with Crippen LogP contribution in [-0.2, 0) is 11.3 Å². The average molecular weight is 303 g/mol. The lowest BCUT2D eigenvalue weighted by Gasteiger charge is -2.16. The third kappa shape index (κ3) is 2.96. The number of hydrogen-bond donors (Lipinski definition) is 1. The number of anilines is 1. The van der Waals surface area contributed by atoms with Crippen LogP contribution in [0.15, 0.2) is 29.2 Å². The van der Waals surface area contributed by atoms with Crippen LogP contribution in [0, 0.1) is 0 Å². The van der Waals surface area contributed by atoms with Gasteiger partial charge in [0.15, 0.2) is 0 Å². The van der Waals surface area contributed by atoms with Gasteiger partial charge in [-0.1, -0.05) is 6.07 Å². The SMILES string of the molecule is COCCCn1cc(C(=O)N(C)C)c(=O)c2c(N)cccc21. The molecule has 2 rings (SSSR count). The first-order valence-corrected chi connectivity index (χ1v) is 7.09. The van der Waals surface area contributed by atoms with Crippen LogP contribution in [0.4, 0.5) is 5.69 Å². The van der Waals surface area contributed by atoms with Gasteiger partial charge >= 0.3 is 0 Å². The second-order valence-electron chi connectivity index (χ2n) is 5.35. The molecule has 1 amide bonds. The van der Waals surface area contributed by atoms with Gasteiger partial charge in [-0.2, -0.15) is 0 Å². The van der Waals surface area contributed by atoms with Crippen molar-refractivity contribution in [1.82, 2.24) is 9.47 Å². The van der Waals surface area contributed by atoms with E-state index < -0.39 is 0 Å². The zero-order chi connectivity index (χ0) is 16.3. The van der Waals surface area contributed by atoms with E-state index >= 15 is 0 Å². The highest BCUT2D eigenvalue weighted by molar-refractivity contribution is 5.99. The zero-order valence-electron chi connectivity index (χ0n) is 13.1. The molecule has 0 unspecified atom stereocenters. The quantitative estimate of drug-likeness (QED) is 0.667. The number of hydrogen-bond acceptors (Lipinski definition) is 4. The van der Waals surface area contributed by atoms with Crippen LogP contribution >= 0.6 is 0 Å². The number of methoxy groups -OCH3 is 1. The molecule has 22 heavy (non-hydrogen) atoms. The van der Waals surface area contributed by atoms with Gasteiger partial charge in [0.2, 0.25) is 5.43 Å². The number of carbonyl (C=O) groups excluding carboxylic acids is 1. The van der Waals surface area contributed by atoms with Crippen molar-refractivity contribution in [3.8, 4) is 0 Å². The molecular weight excluding hydrogens is 282 g/mol. The Kier molecular flexibility index (Phi) is 4.82. The van der Waals surface area contributed by atoms with Crippen LogP contribution in [0.1, 0.15) is 16.8 Å². The molecule has 0 aliphatic heterocycles. The number of carbonyl (C=O) groups is 1. The maximum atomic E-state index is 12.6. The molecule has 1 aromatic heterocycles. The highest BCUT2D eigenvalue weighted by Gasteiger charge is 2.18. The minimum Gasteiger partial charge on any atom is -0.398 e. The maximum absolute atomic E-state index is 12.6. The second kappa shape index (κ2) is 6.62. The first-order valence-electron chi connectivity index (χ1n) is 7.09. The van der Waals surface area contributed by atoms with Gasteiger partial charge in [-0.3, -0.25) is 9.59 Å². The molecular formula is C16H21N3O3. The van der Waals surface area contributed by atoms with Crippen molar-refractivity contribution in [1.29, 1.82) is 0 Å². The Morgan fingerprint density at radius 3 is 2.73 bits per heavy atom. The van der Waals surface area contributed by atoms with E-state index in [1.165, 1.54) is 4.90 Å². The Morgan fingerprint density at radius 2 is 2.09 bits per heavy atom. The molecule has 6 nitrogen and oxygen atoms in total. The average Bonchev–Trinajstić information content (AvgIpc) is 2.49. The van der Waals surface area contributed by atoms with Gasteiger partial charge in [-0.15, -0.1) is 0 Å². The maximum Gasteiger partial charge on any atom is 0.258 e. The largest absolute Gasteiger partial charge is 0.398 e. The van der Waals surface area contributed by atoms with Crippen molar-refractivity contribution in [2.75, 3.05) is 33.5 Å². The van der Waals surface area contributed by atoms with Gasteiger partial charge in [0.1, 0.15) is 5.56 Å². The summed E-state index contributed by atoms with van der Waals surface area (Å²) in [5, 5.41) is 0.396. The van der Waals surface area contributed by atoms with Crippen LogP contribution in [-0.4, -0.2) is 43.2 Å². The smallest absolute Gasteiger partial charge is 0.258 e. The number of nitrogens with two attached hydrogens (primary N) is 1. The summed E-state index contributed by atoms with van der Waals surface area (Å²) in [6.45, 7) is 1.24. The predicted octanol–water partition coefficient (Wildman–Crippen LogP) is 1.32. The number of fused-ring (bicyclic) bond motifs is 1. The molecule has 0 aliphatic rings. The monoisotopic (exact) mass is 303 g/mol. The molecule has 2 aromatic rings. The van der Waals surface area contributed by atoms with E-state index in [2.05, 4.69) is 0 Å². The first kappa shape index (κ1) is 16.0. The van der Waals surface area contributed by atoms with Crippen molar-refractivity contribution in [3.05, 3.63) is 40.2 Å². The summed E-state index contributed by atoms with van der Waals surface area (Å²) in [5.74, 6) is -0.323. The Morgan fingerprint density at radius 1 is 1.36 bits per heavy atom. The van der Waals surface area contributed by atoms with E-state index in [0.29, 0.717) is 24.2 Å². The van der Waals surface area contributed by atoms with E-state index in [1.807, 2.05) is 10.6 Å². The number of nitrogens with zero attached hydrogens (tertiary/aromatic N) is 2. The normalized spacial score (nSPS) is 10.9. The molecule has 0 saturated heterocycles. The van der Waals surface area contributed by atoms with Crippen molar-refractivity contribution < 1.29 is 9.53 Å². The zero-order valence-corrected chi connectivity index (χ0v) is 13.1. The molecule has 118 valence electrons. The van der Waals surface area contributed by atoms with E-state index in [9.17, 15) is 9.59 Å². The van der Waals surface area contributed by atoms with Gasteiger partial charge in [0, 0.05) is 46.2 Å². The van der Waals surface area contributed by atoms with Crippen molar-refractivity contribution >= 4 is 22.5 Å². The number of aryl methyl sites for hydroxylation is 1. The molecule has 0 fully saturated rings. The van der Waals surface area contributed by atoms with Gasteiger partial charge in [0.25, 0.3) is 5.91 Å². The molecule has 0 saturated carbocycles. The lowest BCUT2D eigenvalue weighted by molar-refractivity contribution is 0.0825. The van der Waals surface area contributed by atoms with E-state index in [4.69, 9.17) is 10.5 Å². The fraction of sp³-hybridized carbons (Fsp3) is 0.375. The molecule has 0 radical (unpaired) electrons. The fourth-order valence-electron chi connectivity index (χ4n) is 2.42. The highest BCUT2D eigenvalue weighted by Crippen LogP contribution is 2.19. The third-order valence-electron chi connectivity index (χ3n) is 3.52. The predicted molar refractivity (Wildman–Crippen MR) is 87.1 cm³/mol. The fourth-order valence-corrected chi connectivity index (χ4v) is 2.42. The number of aromatic nitrogens is 1. The number of pyridine rings is 1. The number of benzene rings is 1. The van der Waals surface area contributed by atoms with Crippen LogP contribution in [0.2, 0.25) is 0 Å². The summed E-state index contributed by atoms with van der Waals surface area (Å²) in [6, 6.07) is 5.31. The standard InChI is InChI=1S/C16H21N3O3/c1-18(2)16(21)11-10-19(8-5-9-22-3)13-7-4-6-12(17)14(13)15(11)20/h4,6-7,10H,5,8-9,17H2,1-3H3. The summed E-state index contributed by atoms with van der Waals surface area (Å²) in [4.78, 5) is 26.3. The van der Waals surface area contributed by atoms with Crippen LogP contribution in [0.25, 0.3) is 10.9 Å². The van der Waals surface area contributed by atoms with Crippen molar-refractivity contribution in [2.24, 2.45) is 0 Å². The van der Waals surface area contributed by atoms with Crippen LogP contribution < -0.4 is 11.2 Å². The highest BCUT2D eigenvalue weighted by atomic mass is 16.5. The van der Waals surface area contributed by atoms with Gasteiger partial charge in [-0.05, 0) is 18.6 Å². The van der Waals surface area contributed by atoms with Crippen LogP contribution in [0.5, 0.6) is 0 Å². The van der Waals surface area contributed by atoms with Gasteiger partial charge in [0.05, 0.1) is 10.9 Å². The lowest BCUT2D eigenvalue weighted by Crippen LogP contribution is -2.29. The van der Waals surface area contributed by atoms with Crippen molar-refractivity contribution in [2.45, 2.75) is 13.0 Å². The minimum absolute atomic E-state index is 0.132. The summed E-state index contributed by atoms with van der Waals surface area (Å²) < 4.78 is 6.96. The topological polar surface area (TPSA) is 77.6 Å². The lowest BCUT2D eigenvalue weighted by atomic mass is 10.1. The number of nitrogen functional groups attached to an aromatic ring is 1. The molecule has 0 aliphatic carbocycles. The van der Waals surface area contributed by atoms with E-state index in [1.54, 1.807) is 39.5 Å². The van der Waals surface area contributed by atoms with E-state index in [0.717, 1.165) is 11.9 Å². The molecule has 0 spiro atoms. The summed E-state index contributed by atoms with van der Waals surface area (Å²) >= 11 is 0. The Labute approximate surface area is 129 Å². The van der Waals surface area contributed by atoms with E-state index in [-0.39, 0.29) is 16.9 Å². The second-order valence-corrected chi connectivity index (χ2v) is 5.35. The Bertz CT molecular complexity index is 750. The molecule has 0 bridgehead atoms. The number of rotatable bonds is 5. The summed E-state index contributed by atoms with van der Waals surface area (Å²) in [7, 11) is 4.88. The molecule has 0 atom stereocenters. The summed E-state index contributed by atoms with van der Waals surface area (Å²) in [6.07, 6.45) is 2.39. The minimum atomic E-state index is -0.324. The molecule has 1 heterocycles. The van der Waals surface area contributed by atoms with Crippen molar-refractivity contribution in [3.63, 3.8) is 0 Å². The number of ether oxygens (including phenoxy) is 1. The Balaban J connectivity index is 2.67. The molecule has 2 N–H and O–H groups in total. The molecule has 6 heteroatoms. The third-order valence-corrected chi connectivity index (χ3v) is 3.52. The van der Waals surface area contributed by atoms with Gasteiger partial charge < -0.3 is 19.9 Å². The van der Waals surface area contributed by atoms with Gasteiger partial charge in [-0.25, -0.2) is 0 Å². The molecule has 1 aromatic carbocycles. The Hall–Kier alpha value is -2.34.